The van der Waals surface area contributed by atoms with Gasteiger partial charge in [-0.1, -0.05) is 13.3 Å². The first-order valence-corrected chi connectivity index (χ1v) is 4.81. The Balaban J connectivity index is 2.61. The number of carbonyl (C=O) groups is 2. The van der Waals surface area contributed by atoms with Crippen LogP contribution in [0.3, 0.4) is 0 Å². The van der Waals surface area contributed by atoms with Crippen LogP contribution in [0.1, 0.15) is 45.4 Å². The summed E-state index contributed by atoms with van der Waals surface area (Å²) in [5, 5.41) is 0. The van der Waals surface area contributed by atoms with E-state index in [2.05, 4.69) is 0 Å². The highest BCUT2D eigenvalue weighted by Gasteiger charge is 2.24. The maximum absolute atomic E-state index is 11.4. The molecule has 0 spiro atoms. The van der Waals surface area contributed by atoms with Crippen molar-refractivity contribution in [3.05, 3.63) is 0 Å². The minimum Gasteiger partial charge on any atom is -0.299 e. The summed E-state index contributed by atoms with van der Waals surface area (Å²) < 4.78 is 0. The van der Waals surface area contributed by atoms with Gasteiger partial charge in [-0.2, -0.15) is 0 Å². The molecule has 0 heterocycles. The molecule has 2 nitrogen and oxygen atoms in total. The molecular weight excluding hydrogens is 152 g/mol. The van der Waals surface area contributed by atoms with Gasteiger partial charge in [-0.05, 0) is 19.3 Å². The zero-order chi connectivity index (χ0) is 8.97. The predicted octanol–water partition coefficient (Wildman–Crippen LogP) is 2.11. The highest BCUT2D eigenvalue weighted by atomic mass is 16.1. The largest absolute Gasteiger partial charge is 0.299 e. The van der Waals surface area contributed by atoms with E-state index in [0.29, 0.717) is 19.3 Å². The van der Waals surface area contributed by atoms with Crippen LogP contribution in [0, 0.1) is 5.92 Å². The molecule has 12 heavy (non-hydrogen) atoms. The molecule has 68 valence electrons. The summed E-state index contributed by atoms with van der Waals surface area (Å²) in [5.41, 5.74) is 0. The maximum atomic E-state index is 11.4. The molecule has 0 aromatic heterocycles. The molecule has 1 aliphatic carbocycles. The second kappa shape index (κ2) is 4.39. The Morgan fingerprint density at radius 3 is 2.00 bits per heavy atom. The molecule has 0 amide bonds. The monoisotopic (exact) mass is 168 g/mol. The summed E-state index contributed by atoms with van der Waals surface area (Å²) >= 11 is 0. The molecule has 1 saturated carbocycles. The molecule has 0 aromatic carbocycles. The molecule has 2 heteroatoms. The average molecular weight is 168 g/mol. The van der Waals surface area contributed by atoms with E-state index in [1.54, 1.807) is 0 Å². The van der Waals surface area contributed by atoms with Crippen LogP contribution in [0.25, 0.3) is 0 Å². The van der Waals surface area contributed by atoms with E-state index in [1.807, 2.05) is 6.92 Å². The summed E-state index contributed by atoms with van der Waals surface area (Å²) in [4.78, 5) is 22.8. The van der Waals surface area contributed by atoms with Gasteiger partial charge < -0.3 is 0 Å². The lowest BCUT2D eigenvalue weighted by molar-refractivity contribution is -0.133. The van der Waals surface area contributed by atoms with Gasteiger partial charge in [-0.15, -0.1) is 0 Å². The van der Waals surface area contributed by atoms with Crippen LogP contribution in [-0.4, -0.2) is 11.6 Å². The second-order valence-electron chi connectivity index (χ2n) is 3.45. The normalized spacial score (nSPS) is 22.1. The number of Topliss-reactive ketones (excluding diaryl/α,β-unsaturated/α-hetero) is 2. The molecule has 0 atom stereocenters. The zero-order valence-corrected chi connectivity index (χ0v) is 7.64. The third-order valence-electron chi connectivity index (χ3n) is 2.53. The Labute approximate surface area is 73.3 Å². The van der Waals surface area contributed by atoms with Crippen LogP contribution in [0.4, 0.5) is 0 Å². The SMILES string of the molecule is CCC1C(=O)CCCCCC1=O. The summed E-state index contributed by atoms with van der Waals surface area (Å²) in [6.45, 7) is 1.92. The van der Waals surface area contributed by atoms with Crippen molar-refractivity contribution in [2.24, 2.45) is 5.92 Å². The van der Waals surface area contributed by atoms with Crippen molar-refractivity contribution >= 4 is 11.6 Å². The van der Waals surface area contributed by atoms with Crippen molar-refractivity contribution in [2.45, 2.75) is 45.4 Å². The third-order valence-corrected chi connectivity index (χ3v) is 2.53. The molecule has 0 radical (unpaired) electrons. The number of carbonyl (C=O) groups excluding carboxylic acids is 2. The van der Waals surface area contributed by atoms with E-state index < -0.39 is 0 Å². The van der Waals surface area contributed by atoms with Gasteiger partial charge in [-0.25, -0.2) is 0 Å². The average Bonchev–Trinajstić information content (AvgIpc) is 2.02. The molecule has 1 rings (SSSR count). The van der Waals surface area contributed by atoms with Crippen LogP contribution in [0.5, 0.6) is 0 Å². The van der Waals surface area contributed by atoms with Crippen LogP contribution >= 0.6 is 0 Å². The lowest BCUT2D eigenvalue weighted by Crippen LogP contribution is -2.24. The van der Waals surface area contributed by atoms with Crippen molar-refractivity contribution < 1.29 is 9.59 Å². The fourth-order valence-corrected chi connectivity index (χ4v) is 1.76. The standard InChI is InChI=1S/C10H16O2/c1-2-8-9(11)6-4-3-5-7-10(8)12/h8H,2-7H2,1H3. The minimum absolute atomic E-state index is 0.169. The van der Waals surface area contributed by atoms with Gasteiger partial charge in [0.15, 0.2) is 0 Å². The topological polar surface area (TPSA) is 34.1 Å². The molecule has 0 saturated heterocycles. The van der Waals surface area contributed by atoms with Gasteiger partial charge in [0.25, 0.3) is 0 Å². The Morgan fingerprint density at radius 2 is 1.58 bits per heavy atom. The Hall–Kier alpha value is -0.660. The molecule has 0 N–H and O–H groups in total. The van der Waals surface area contributed by atoms with Gasteiger partial charge in [0.1, 0.15) is 11.6 Å². The lowest BCUT2D eigenvalue weighted by Gasteiger charge is -2.15. The van der Waals surface area contributed by atoms with Gasteiger partial charge in [-0.3, -0.25) is 9.59 Å². The summed E-state index contributed by atoms with van der Waals surface area (Å²) in [5.74, 6) is 0.0645. The fourth-order valence-electron chi connectivity index (χ4n) is 1.76. The van der Waals surface area contributed by atoms with Gasteiger partial charge in [0.2, 0.25) is 0 Å². The van der Waals surface area contributed by atoms with E-state index in [9.17, 15) is 9.59 Å². The summed E-state index contributed by atoms with van der Waals surface area (Å²) in [7, 11) is 0. The fraction of sp³-hybridized carbons (Fsp3) is 0.800. The quantitative estimate of drug-likeness (QED) is 0.562. The van der Waals surface area contributed by atoms with Crippen molar-refractivity contribution in [1.29, 1.82) is 0 Å². The zero-order valence-electron chi connectivity index (χ0n) is 7.64. The molecule has 1 fully saturated rings. The first-order chi connectivity index (χ1) is 5.75. The molecule has 0 aliphatic heterocycles. The van der Waals surface area contributed by atoms with Crippen molar-refractivity contribution in [3.8, 4) is 0 Å². The van der Waals surface area contributed by atoms with Crippen LogP contribution in [-0.2, 0) is 9.59 Å². The maximum Gasteiger partial charge on any atom is 0.143 e. The van der Waals surface area contributed by atoms with Gasteiger partial charge in [0, 0.05) is 12.8 Å². The minimum atomic E-state index is -0.273. The van der Waals surface area contributed by atoms with E-state index in [-0.39, 0.29) is 17.5 Å². The molecule has 0 bridgehead atoms. The van der Waals surface area contributed by atoms with Gasteiger partial charge >= 0.3 is 0 Å². The highest BCUT2D eigenvalue weighted by Crippen LogP contribution is 2.18. The Kier molecular flexibility index (Phi) is 3.45. The predicted molar refractivity (Wildman–Crippen MR) is 46.9 cm³/mol. The first-order valence-electron chi connectivity index (χ1n) is 4.81. The lowest BCUT2D eigenvalue weighted by atomic mass is 9.87. The van der Waals surface area contributed by atoms with E-state index in [1.165, 1.54) is 0 Å². The molecular formula is C10H16O2. The first kappa shape index (κ1) is 9.43. The molecule has 0 unspecified atom stereocenters. The van der Waals surface area contributed by atoms with Crippen molar-refractivity contribution in [2.75, 3.05) is 0 Å². The van der Waals surface area contributed by atoms with Crippen LogP contribution in [0.2, 0.25) is 0 Å². The van der Waals surface area contributed by atoms with Crippen LogP contribution < -0.4 is 0 Å². The number of hydrogen-bond donors (Lipinski definition) is 0. The number of ketones is 2. The van der Waals surface area contributed by atoms with Crippen LogP contribution in [0.15, 0.2) is 0 Å². The van der Waals surface area contributed by atoms with E-state index in [0.717, 1.165) is 19.3 Å². The second-order valence-corrected chi connectivity index (χ2v) is 3.45. The number of rotatable bonds is 1. The van der Waals surface area contributed by atoms with Crippen molar-refractivity contribution in [1.82, 2.24) is 0 Å². The van der Waals surface area contributed by atoms with E-state index in [4.69, 9.17) is 0 Å². The smallest absolute Gasteiger partial charge is 0.143 e. The molecule has 0 aromatic rings. The molecule has 1 aliphatic rings. The summed E-state index contributed by atoms with van der Waals surface area (Å²) in [6.07, 6.45) is 4.91. The van der Waals surface area contributed by atoms with Crippen molar-refractivity contribution in [3.63, 3.8) is 0 Å². The Bertz CT molecular complexity index is 166. The number of hydrogen-bond acceptors (Lipinski definition) is 2. The Morgan fingerprint density at radius 1 is 1.08 bits per heavy atom. The van der Waals surface area contributed by atoms with Gasteiger partial charge in [0.05, 0.1) is 5.92 Å². The summed E-state index contributed by atoms with van der Waals surface area (Å²) in [6, 6.07) is 0. The highest BCUT2D eigenvalue weighted by molar-refractivity contribution is 6.02. The third kappa shape index (κ3) is 2.16. The van der Waals surface area contributed by atoms with E-state index >= 15 is 0 Å².